The van der Waals surface area contributed by atoms with E-state index in [0.29, 0.717) is 30.5 Å². The van der Waals surface area contributed by atoms with Crippen LogP contribution < -0.4 is 19.5 Å². The van der Waals surface area contributed by atoms with Gasteiger partial charge in [0.1, 0.15) is 22.3 Å². The van der Waals surface area contributed by atoms with Crippen LogP contribution in [0.25, 0.3) is 0 Å². The Morgan fingerprint density at radius 2 is 1.76 bits per heavy atom. The molecule has 0 aliphatic rings. The maximum atomic E-state index is 12.0. The first-order valence-electron chi connectivity index (χ1n) is 9.29. The molecule has 8 heteroatoms. The summed E-state index contributed by atoms with van der Waals surface area (Å²) in [5.74, 6) is 1.89. The van der Waals surface area contributed by atoms with Crippen LogP contribution in [0.4, 0.5) is 5.13 Å². The first-order chi connectivity index (χ1) is 14.1. The Balaban J connectivity index is 1.40. The van der Waals surface area contributed by atoms with Crippen LogP contribution in [0.15, 0.2) is 48.5 Å². The van der Waals surface area contributed by atoms with Gasteiger partial charge in [-0.2, -0.15) is 0 Å². The van der Waals surface area contributed by atoms with Gasteiger partial charge in [-0.05, 0) is 55.8 Å². The Kier molecular flexibility index (Phi) is 7.40. The molecule has 152 valence electrons. The molecule has 0 unspecified atom stereocenters. The second-order valence-electron chi connectivity index (χ2n) is 6.16. The minimum Gasteiger partial charge on any atom is -0.494 e. The van der Waals surface area contributed by atoms with Crippen LogP contribution in [0.2, 0.25) is 0 Å². The summed E-state index contributed by atoms with van der Waals surface area (Å²) in [6.07, 6.45) is 0.615. The number of nitrogens with zero attached hydrogens (tertiary/aromatic N) is 2. The number of aryl methyl sites for hydroxylation is 1. The Morgan fingerprint density at radius 1 is 1.00 bits per heavy atom. The molecule has 3 rings (SSSR count). The average molecular weight is 413 g/mol. The highest BCUT2D eigenvalue weighted by Crippen LogP contribution is 2.19. The van der Waals surface area contributed by atoms with Crippen molar-refractivity contribution in [2.24, 2.45) is 0 Å². The number of nitrogens with one attached hydrogen (secondary N) is 1. The van der Waals surface area contributed by atoms with Gasteiger partial charge in [0.2, 0.25) is 5.13 Å². The highest BCUT2D eigenvalue weighted by molar-refractivity contribution is 7.15. The summed E-state index contributed by atoms with van der Waals surface area (Å²) in [5.41, 5.74) is 1.15. The van der Waals surface area contributed by atoms with Crippen LogP contribution in [0.3, 0.4) is 0 Å². The number of hydrogen-bond acceptors (Lipinski definition) is 7. The average Bonchev–Trinajstić information content (AvgIpc) is 3.15. The van der Waals surface area contributed by atoms with Gasteiger partial charge in [0, 0.05) is 6.42 Å². The van der Waals surface area contributed by atoms with E-state index in [9.17, 15) is 4.79 Å². The molecule has 0 bridgehead atoms. The van der Waals surface area contributed by atoms with Crippen molar-refractivity contribution in [3.8, 4) is 17.2 Å². The molecule has 0 saturated heterocycles. The molecule has 1 heterocycles. The van der Waals surface area contributed by atoms with Gasteiger partial charge in [-0.3, -0.25) is 10.1 Å². The van der Waals surface area contributed by atoms with Crippen LogP contribution >= 0.6 is 11.3 Å². The van der Waals surface area contributed by atoms with Gasteiger partial charge in [-0.1, -0.05) is 23.5 Å². The summed E-state index contributed by atoms with van der Waals surface area (Å²) in [6, 6.07) is 15.0. The molecule has 0 spiro atoms. The fraction of sp³-hybridized carbons (Fsp3) is 0.286. The molecular weight excluding hydrogens is 390 g/mol. The number of carbonyl (C=O) groups is 1. The molecule has 29 heavy (non-hydrogen) atoms. The minimum atomic E-state index is -0.294. The first-order valence-corrected chi connectivity index (χ1v) is 10.1. The van der Waals surface area contributed by atoms with Gasteiger partial charge >= 0.3 is 0 Å². The maximum absolute atomic E-state index is 12.0. The van der Waals surface area contributed by atoms with Gasteiger partial charge in [-0.25, -0.2) is 0 Å². The standard InChI is InChI=1S/C21H23N3O4S/c1-3-26-16-7-9-17(10-8-16)28-14-19(25)22-21-24-23-20(29-21)11-12-27-18-6-4-5-15(2)13-18/h4-10,13H,3,11-12,14H2,1-2H3,(H,22,24,25). The van der Waals surface area contributed by atoms with Gasteiger partial charge in [0.05, 0.1) is 13.2 Å². The largest absolute Gasteiger partial charge is 0.494 e. The number of rotatable bonds is 10. The predicted octanol–water partition coefficient (Wildman–Crippen LogP) is 3.88. The highest BCUT2D eigenvalue weighted by Gasteiger charge is 2.09. The Bertz CT molecular complexity index is 928. The molecule has 0 saturated carbocycles. The summed E-state index contributed by atoms with van der Waals surface area (Å²) >= 11 is 1.32. The second kappa shape index (κ2) is 10.4. The van der Waals surface area contributed by atoms with Crippen molar-refractivity contribution in [2.45, 2.75) is 20.3 Å². The fourth-order valence-electron chi connectivity index (χ4n) is 2.47. The number of carbonyl (C=O) groups excluding carboxylic acids is 1. The minimum absolute atomic E-state index is 0.112. The molecular formula is C21H23N3O4S. The van der Waals surface area contributed by atoms with Crippen LogP contribution in [-0.4, -0.2) is 35.9 Å². The lowest BCUT2D eigenvalue weighted by Gasteiger charge is -2.07. The number of anilines is 1. The van der Waals surface area contributed by atoms with E-state index in [1.165, 1.54) is 11.3 Å². The van der Waals surface area contributed by atoms with Crippen LogP contribution in [0.5, 0.6) is 17.2 Å². The Labute approximate surface area is 173 Å². The molecule has 7 nitrogen and oxygen atoms in total. The summed E-state index contributed by atoms with van der Waals surface area (Å²) in [6.45, 7) is 4.92. The molecule has 1 amide bonds. The van der Waals surface area contributed by atoms with E-state index in [1.807, 2.05) is 38.1 Å². The molecule has 0 aliphatic carbocycles. The third-order valence-corrected chi connectivity index (χ3v) is 4.69. The van der Waals surface area contributed by atoms with E-state index < -0.39 is 0 Å². The molecule has 2 aromatic carbocycles. The van der Waals surface area contributed by atoms with Crippen LogP contribution in [-0.2, 0) is 11.2 Å². The number of amides is 1. The predicted molar refractivity (Wildman–Crippen MR) is 112 cm³/mol. The number of aromatic nitrogens is 2. The normalized spacial score (nSPS) is 10.4. The number of ether oxygens (including phenoxy) is 3. The van der Waals surface area contributed by atoms with E-state index >= 15 is 0 Å². The summed E-state index contributed by atoms with van der Waals surface area (Å²) in [7, 11) is 0. The SMILES string of the molecule is CCOc1ccc(OCC(=O)Nc2nnc(CCOc3cccc(C)c3)s2)cc1. The molecule has 1 aromatic heterocycles. The molecule has 3 aromatic rings. The quantitative estimate of drug-likeness (QED) is 0.543. The van der Waals surface area contributed by atoms with Gasteiger partial charge in [-0.15, -0.1) is 10.2 Å². The van der Waals surface area contributed by atoms with Crippen molar-refractivity contribution in [2.75, 3.05) is 25.1 Å². The van der Waals surface area contributed by atoms with E-state index in [2.05, 4.69) is 15.5 Å². The van der Waals surface area contributed by atoms with Crippen molar-refractivity contribution in [1.82, 2.24) is 10.2 Å². The monoisotopic (exact) mass is 413 g/mol. The zero-order valence-electron chi connectivity index (χ0n) is 16.4. The van der Waals surface area contributed by atoms with Crippen molar-refractivity contribution in [1.29, 1.82) is 0 Å². The van der Waals surface area contributed by atoms with E-state index in [-0.39, 0.29) is 12.5 Å². The smallest absolute Gasteiger partial charge is 0.264 e. The fourth-order valence-corrected chi connectivity index (χ4v) is 3.21. The zero-order valence-corrected chi connectivity index (χ0v) is 17.2. The lowest BCUT2D eigenvalue weighted by Crippen LogP contribution is -2.20. The third-order valence-electron chi connectivity index (χ3n) is 3.79. The van der Waals surface area contributed by atoms with Gasteiger partial charge in [0.25, 0.3) is 5.91 Å². The molecule has 0 aliphatic heterocycles. The van der Waals surface area contributed by atoms with Crippen LogP contribution in [0.1, 0.15) is 17.5 Å². The number of benzene rings is 2. The topological polar surface area (TPSA) is 82.6 Å². The van der Waals surface area contributed by atoms with E-state index in [1.54, 1.807) is 24.3 Å². The van der Waals surface area contributed by atoms with E-state index in [4.69, 9.17) is 14.2 Å². The molecule has 0 radical (unpaired) electrons. The molecule has 1 N–H and O–H groups in total. The van der Waals surface area contributed by atoms with Gasteiger partial charge in [0.15, 0.2) is 6.61 Å². The summed E-state index contributed by atoms with van der Waals surface area (Å²) in [4.78, 5) is 12.0. The third kappa shape index (κ3) is 6.76. The van der Waals surface area contributed by atoms with Crippen molar-refractivity contribution < 1.29 is 19.0 Å². The zero-order chi connectivity index (χ0) is 20.5. The van der Waals surface area contributed by atoms with Crippen molar-refractivity contribution >= 4 is 22.4 Å². The van der Waals surface area contributed by atoms with Crippen LogP contribution in [0, 0.1) is 6.92 Å². The lowest BCUT2D eigenvalue weighted by atomic mass is 10.2. The molecule has 0 atom stereocenters. The van der Waals surface area contributed by atoms with Crippen molar-refractivity contribution in [3.05, 3.63) is 59.1 Å². The second-order valence-corrected chi connectivity index (χ2v) is 7.22. The van der Waals surface area contributed by atoms with E-state index in [0.717, 1.165) is 22.1 Å². The number of hydrogen-bond donors (Lipinski definition) is 1. The Hall–Kier alpha value is -3.13. The van der Waals surface area contributed by atoms with Gasteiger partial charge < -0.3 is 14.2 Å². The lowest BCUT2D eigenvalue weighted by molar-refractivity contribution is -0.118. The maximum Gasteiger partial charge on any atom is 0.264 e. The molecule has 0 fully saturated rings. The first kappa shape index (κ1) is 20.6. The highest BCUT2D eigenvalue weighted by atomic mass is 32.1. The van der Waals surface area contributed by atoms with Crippen molar-refractivity contribution in [3.63, 3.8) is 0 Å². The summed E-state index contributed by atoms with van der Waals surface area (Å²) < 4.78 is 16.6. The summed E-state index contributed by atoms with van der Waals surface area (Å²) in [5, 5.41) is 12.0. The Morgan fingerprint density at radius 3 is 2.48 bits per heavy atom.